The highest BCUT2D eigenvalue weighted by Crippen LogP contribution is 2.33. The molecule has 7 heteroatoms. The van der Waals surface area contributed by atoms with Crippen molar-refractivity contribution in [1.29, 1.82) is 5.26 Å². The number of nitrogens with one attached hydrogen (secondary N) is 2. The van der Waals surface area contributed by atoms with Crippen molar-refractivity contribution < 1.29 is 9.15 Å². The molecule has 2 N–H and O–H groups in total. The van der Waals surface area contributed by atoms with Crippen LogP contribution in [0.3, 0.4) is 0 Å². The van der Waals surface area contributed by atoms with Gasteiger partial charge in [-0.2, -0.15) is 5.26 Å². The van der Waals surface area contributed by atoms with E-state index in [1.165, 1.54) is 38.5 Å². The molecule has 7 nitrogen and oxygen atoms in total. The molecule has 1 aliphatic carbocycles. The number of oxazole rings is 1. The fourth-order valence-corrected chi connectivity index (χ4v) is 3.55. The minimum atomic E-state index is 0.250. The van der Waals surface area contributed by atoms with Gasteiger partial charge in [-0.05, 0) is 37.8 Å². The number of guanidine groups is 1. The van der Waals surface area contributed by atoms with E-state index in [-0.39, 0.29) is 6.04 Å². The second-order valence-corrected chi connectivity index (χ2v) is 6.78. The average molecular weight is 367 g/mol. The lowest BCUT2D eigenvalue weighted by atomic mass is 9.84. The number of aromatic nitrogens is 1. The van der Waals surface area contributed by atoms with Gasteiger partial charge in [-0.1, -0.05) is 19.3 Å². The molecule has 0 aliphatic heterocycles. The molecule has 1 atom stereocenters. The Morgan fingerprint density at radius 1 is 1.37 bits per heavy atom. The minimum absolute atomic E-state index is 0.250. The summed E-state index contributed by atoms with van der Waals surface area (Å²) < 4.78 is 10.8. The van der Waals surface area contributed by atoms with Crippen molar-refractivity contribution in [2.45, 2.75) is 45.1 Å². The van der Waals surface area contributed by atoms with Gasteiger partial charge in [-0.25, -0.2) is 9.98 Å². The van der Waals surface area contributed by atoms with E-state index in [1.807, 2.05) is 24.4 Å². The summed E-state index contributed by atoms with van der Waals surface area (Å²) in [7, 11) is 1.60. The third-order valence-corrected chi connectivity index (χ3v) is 5.02. The fraction of sp³-hybridized carbons (Fsp3) is 0.450. The molecular weight excluding hydrogens is 342 g/mol. The number of ether oxygens (including phenoxy) is 1. The molecule has 142 valence electrons. The molecule has 1 aromatic heterocycles. The molecule has 1 aliphatic rings. The van der Waals surface area contributed by atoms with Crippen molar-refractivity contribution in [3.8, 4) is 23.3 Å². The van der Waals surface area contributed by atoms with Crippen molar-refractivity contribution in [3.63, 3.8) is 0 Å². The fourth-order valence-electron chi connectivity index (χ4n) is 3.55. The number of nitriles is 1. The summed E-state index contributed by atoms with van der Waals surface area (Å²) in [5.74, 6) is 2.31. The van der Waals surface area contributed by atoms with Gasteiger partial charge < -0.3 is 14.5 Å². The maximum absolute atomic E-state index is 9.08. The SMILES string of the molecule is COc1cc(/N=C(\NC#N)NC(C)C2CCCCC2)ccc1-c1cnco1. The first-order chi connectivity index (χ1) is 13.2. The quantitative estimate of drug-likeness (QED) is 0.359. The van der Waals surface area contributed by atoms with E-state index in [0.717, 1.165) is 5.56 Å². The standard InChI is InChI=1S/C20H25N5O2/c1-14(15-6-4-3-5-7-15)24-20(23-12-21)25-16-8-9-17(18(10-16)26-2)19-11-22-13-27-19/h8-11,13-15H,3-7H2,1-2H3,(H2,23,24,25). The van der Waals surface area contributed by atoms with Crippen LogP contribution in [-0.4, -0.2) is 24.1 Å². The van der Waals surface area contributed by atoms with Gasteiger partial charge in [-0.15, -0.1) is 0 Å². The van der Waals surface area contributed by atoms with Crippen LogP contribution in [0.2, 0.25) is 0 Å². The highest BCUT2D eigenvalue weighted by molar-refractivity contribution is 5.84. The van der Waals surface area contributed by atoms with Crippen LogP contribution < -0.4 is 15.4 Å². The van der Waals surface area contributed by atoms with E-state index < -0.39 is 0 Å². The van der Waals surface area contributed by atoms with Crippen LogP contribution in [0.5, 0.6) is 5.75 Å². The smallest absolute Gasteiger partial charge is 0.210 e. The van der Waals surface area contributed by atoms with Crippen LogP contribution in [-0.2, 0) is 0 Å². The predicted octanol–water partition coefficient (Wildman–Crippen LogP) is 3.97. The first kappa shape index (κ1) is 18.8. The number of aliphatic imine (C=N–C) groups is 1. The van der Waals surface area contributed by atoms with Crippen LogP contribution in [0, 0.1) is 17.4 Å². The Morgan fingerprint density at radius 3 is 2.85 bits per heavy atom. The summed E-state index contributed by atoms with van der Waals surface area (Å²) >= 11 is 0. The van der Waals surface area contributed by atoms with Gasteiger partial charge >= 0.3 is 0 Å². The lowest BCUT2D eigenvalue weighted by molar-refractivity contribution is 0.301. The van der Waals surface area contributed by atoms with Gasteiger partial charge in [0.2, 0.25) is 5.96 Å². The summed E-state index contributed by atoms with van der Waals surface area (Å²) in [6, 6.07) is 5.78. The second-order valence-electron chi connectivity index (χ2n) is 6.78. The first-order valence-corrected chi connectivity index (χ1v) is 9.28. The van der Waals surface area contributed by atoms with Crippen molar-refractivity contribution in [2.24, 2.45) is 10.9 Å². The highest BCUT2D eigenvalue weighted by Gasteiger charge is 2.21. The van der Waals surface area contributed by atoms with E-state index in [4.69, 9.17) is 14.4 Å². The van der Waals surface area contributed by atoms with Gasteiger partial charge in [0.1, 0.15) is 5.75 Å². The molecule has 0 amide bonds. The van der Waals surface area contributed by atoms with E-state index in [1.54, 1.807) is 13.3 Å². The number of nitrogens with zero attached hydrogens (tertiary/aromatic N) is 3. The third-order valence-electron chi connectivity index (χ3n) is 5.02. The van der Waals surface area contributed by atoms with Crippen LogP contribution in [0.15, 0.2) is 40.2 Å². The number of methoxy groups -OCH3 is 1. The molecule has 0 saturated heterocycles. The first-order valence-electron chi connectivity index (χ1n) is 9.28. The average Bonchev–Trinajstić information content (AvgIpc) is 3.23. The molecule has 0 radical (unpaired) electrons. The maximum Gasteiger partial charge on any atom is 0.210 e. The number of rotatable bonds is 5. The number of hydrogen-bond acceptors (Lipinski definition) is 5. The Labute approximate surface area is 159 Å². The van der Waals surface area contributed by atoms with Crippen LogP contribution in [0.25, 0.3) is 11.3 Å². The summed E-state index contributed by atoms with van der Waals surface area (Å²) in [4.78, 5) is 8.50. The molecular formula is C20H25N5O2. The Kier molecular flexibility index (Phi) is 6.31. The highest BCUT2D eigenvalue weighted by atomic mass is 16.5. The molecule has 1 aromatic carbocycles. The Morgan fingerprint density at radius 2 is 2.19 bits per heavy atom. The molecule has 1 unspecified atom stereocenters. The van der Waals surface area contributed by atoms with Gasteiger partial charge in [0.05, 0.1) is 24.6 Å². The largest absolute Gasteiger partial charge is 0.496 e. The zero-order valence-corrected chi connectivity index (χ0v) is 15.7. The molecule has 3 rings (SSSR count). The van der Waals surface area contributed by atoms with Crippen molar-refractivity contribution in [1.82, 2.24) is 15.6 Å². The monoisotopic (exact) mass is 367 g/mol. The molecule has 1 saturated carbocycles. The van der Waals surface area contributed by atoms with Crippen molar-refractivity contribution >= 4 is 11.6 Å². The Balaban J connectivity index is 1.79. The van der Waals surface area contributed by atoms with E-state index in [2.05, 4.69) is 27.5 Å². The second kappa shape index (κ2) is 9.08. The Hall–Kier alpha value is -3.01. The van der Waals surface area contributed by atoms with Crippen LogP contribution in [0.4, 0.5) is 5.69 Å². The molecule has 2 aromatic rings. The van der Waals surface area contributed by atoms with Crippen molar-refractivity contribution in [3.05, 3.63) is 30.8 Å². The topological polar surface area (TPSA) is 95.5 Å². The lowest BCUT2D eigenvalue weighted by Gasteiger charge is -2.28. The van der Waals surface area contributed by atoms with Crippen LogP contribution in [0.1, 0.15) is 39.0 Å². The maximum atomic E-state index is 9.08. The minimum Gasteiger partial charge on any atom is -0.496 e. The summed E-state index contributed by atoms with van der Waals surface area (Å²) in [5.41, 5.74) is 1.48. The van der Waals surface area contributed by atoms with E-state index in [9.17, 15) is 0 Å². The third kappa shape index (κ3) is 4.79. The molecule has 1 heterocycles. The molecule has 0 bridgehead atoms. The van der Waals surface area contributed by atoms with E-state index >= 15 is 0 Å². The molecule has 0 spiro atoms. The lowest BCUT2D eigenvalue weighted by Crippen LogP contribution is -2.44. The summed E-state index contributed by atoms with van der Waals surface area (Å²) in [6.45, 7) is 2.15. The zero-order valence-electron chi connectivity index (χ0n) is 15.7. The van der Waals surface area contributed by atoms with Gasteiger partial charge in [0, 0.05) is 12.1 Å². The molecule has 1 fully saturated rings. The van der Waals surface area contributed by atoms with Crippen molar-refractivity contribution in [2.75, 3.05) is 7.11 Å². The number of hydrogen-bond donors (Lipinski definition) is 2. The van der Waals surface area contributed by atoms with Gasteiger partial charge in [0.15, 0.2) is 18.3 Å². The summed E-state index contributed by atoms with van der Waals surface area (Å²) in [6.07, 6.45) is 11.3. The van der Waals surface area contributed by atoms with Gasteiger partial charge in [-0.3, -0.25) is 5.32 Å². The summed E-state index contributed by atoms with van der Waals surface area (Å²) in [5, 5.41) is 15.1. The molecule has 27 heavy (non-hydrogen) atoms. The van der Waals surface area contributed by atoms with Gasteiger partial charge in [0.25, 0.3) is 0 Å². The predicted molar refractivity (Wildman–Crippen MR) is 104 cm³/mol. The normalized spacial score (nSPS) is 16.4. The van der Waals surface area contributed by atoms with E-state index in [0.29, 0.717) is 29.1 Å². The zero-order chi connectivity index (χ0) is 19.1. The van der Waals surface area contributed by atoms with Crippen LogP contribution >= 0.6 is 0 Å². The Bertz CT molecular complexity index is 804. The number of benzene rings is 1.